The zero-order chi connectivity index (χ0) is 17.9. The Labute approximate surface area is 148 Å². The van der Waals surface area contributed by atoms with Gasteiger partial charge in [0.1, 0.15) is 0 Å². The minimum absolute atomic E-state index is 0.0643. The first-order valence-corrected chi connectivity index (χ1v) is 9.07. The number of hydrogen-bond donors (Lipinski definition) is 1. The van der Waals surface area contributed by atoms with Crippen LogP contribution in [-0.2, 0) is 19.1 Å². The van der Waals surface area contributed by atoms with Gasteiger partial charge < -0.3 is 14.8 Å². The molecule has 0 aromatic carbocycles. The van der Waals surface area contributed by atoms with Gasteiger partial charge in [-0.3, -0.25) is 4.79 Å². The van der Waals surface area contributed by atoms with E-state index < -0.39 is 6.29 Å². The first-order valence-electron chi connectivity index (χ1n) is 9.07. The van der Waals surface area contributed by atoms with E-state index in [0.29, 0.717) is 11.1 Å². The summed E-state index contributed by atoms with van der Waals surface area (Å²) in [5, 5.41) is 3.16. The fourth-order valence-corrected chi connectivity index (χ4v) is 4.80. The van der Waals surface area contributed by atoms with Gasteiger partial charge in [0, 0.05) is 17.1 Å². The molecule has 0 radical (unpaired) electrons. The highest BCUT2D eigenvalue weighted by atomic mass is 16.7. The van der Waals surface area contributed by atoms with Crippen LogP contribution >= 0.6 is 0 Å². The van der Waals surface area contributed by atoms with E-state index in [0.717, 1.165) is 18.4 Å². The predicted molar refractivity (Wildman–Crippen MR) is 92.1 cm³/mol. The molecule has 0 unspecified atom stereocenters. The SMILES string of the molecule is CC1=C(C)[C@@H](O/C=C2/C(=O)N[C@@H]3C4=C(CCCC4(C)C)C[C@H]23)OC1=O. The number of esters is 1. The molecule has 3 atom stereocenters. The molecule has 0 aromatic heterocycles. The van der Waals surface area contributed by atoms with Crippen LogP contribution in [-0.4, -0.2) is 24.2 Å². The average molecular weight is 343 g/mol. The molecule has 0 spiro atoms. The summed E-state index contributed by atoms with van der Waals surface area (Å²) < 4.78 is 10.9. The Kier molecular flexibility index (Phi) is 3.60. The van der Waals surface area contributed by atoms with Crippen LogP contribution in [0.2, 0.25) is 0 Å². The Morgan fingerprint density at radius 2 is 2.04 bits per heavy atom. The lowest BCUT2D eigenvalue weighted by molar-refractivity contribution is -0.153. The number of cyclic esters (lactones) is 1. The molecular weight excluding hydrogens is 318 g/mol. The minimum atomic E-state index is -0.715. The molecule has 4 rings (SSSR count). The van der Waals surface area contributed by atoms with Crippen LogP contribution in [0.3, 0.4) is 0 Å². The Hall–Kier alpha value is -2.04. The third-order valence-electron chi connectivity index (χ3n) is 6.30. The van der Waals surface area contributed by atoms with Crippen LogP contribution in [0.25, 0.3) is 0 Å². The van der Waals surface area contributed by atoms with Gasteiger partial charge in [-0.1, -0.05) is 19.4 Å². The molecule has 0 saturated carbocycles. The standard InChI is InChI=1S/C20H25NO4/c1-10-11(2)19(25-18(10)23)24-9-14-13-8-12-6-5-7-20(3,4)15(12)16(13)21-17(14)22/h9,13,16,19H,5-8H2,1-4H3,(H,21,22)/b14-9+/t13-,16+,19+/m1/s1. The summed E-state index contributed by atoms with van der Waals surface area (Å²) in [6.45, 7) is 8.11. The third kappa shape index (κ3) is 2.43. The Bertz CT molecular complexity index is 756. The molecule has 2 heterocycles. The molecule has 0 aromatic rings. The van der Waals surface area contributed by atoms with Gasteiger partial charge in [0.2, 0.25) is 0 Å². The van der Waals surface area contributed by atoms with E-state index >= 15 is 0 Å². The van der Waals surface area contributed by atoms with E-state index in [-0.39, 0.29) is 29.3 Å². The summed E-state index contributed by atoms with van der Waals surface area (Å²) in [7, 11) is 0. The number of ether oxygens (including phenoxy) is 2. The molecule has 134 valence electrons. The molecule has 1 saturated heterocycles. The highest BCUT2D eigenvalue weighted by molar-refractivity contribution is 5.97. The second kappa shape index (κ2) is 5.48. The van der Waals surface area contributed by atoms with Crippen LogP contribution in [0.15, 0.2) is 34.1 Å². The maximum atomic E-state index is 12.5. The predicted octanol–water partition coefficient (Wildman–Crippen LogP) is 3.13. The van der Waals surface area contributed by atoms with Gasteiger partial charge in [-0.2, -0.15) is 0 Å². The fourth-order valence-electron chi connectivity index (χ4n) is 4.80. The quantitative estimate of drug-likeness (QED) is 0.362. The largest absolute Gasteiger partial charge is 0.458 e. The van der Waals surface area contributed by atoms with Gasteiger partial charge in [-0.25, -0.2) is 4.79 Å². The summed E-state index contributed by atoms with van der Waals surface area (Å²) in [6.07, 6.45) is 5.25. The zero-order valence-electron chi connectivity index (χ0n) is 15.3. The first-order chi connectivity index (χ1) is 11.8. The van der Waals surface area contributed by atoms with Crippen molar-refractivity contribution < 1.29 is 19.1 Å². The molecule has 4 aliphatic rings. The molecule has 1 amide bonds. The third-order valence-corrected chi connectivity index (χ3v) is 6.30. The molecular formula is C20H25NO4. The van der Waals surface area contributed by atoms with Gasteiger partial charge in [-0.15, -0.1) is 0 Å². The Morgan fingerprint density at radius 3 is 2.72 bits per heavy atom. The van der Waals surface area contributed by atoms with Crippen LogP contribution in [0.4, 0.5) is 0 Å². The topological polar surface area (TPSA) is 64.6 Å². The number of carbonyl (C=O) groups excluding carboxylic acids is 2. The summed E-state index contributed by atoms with van der Waals surface area (Å²) in [5.41, 5.74) is 5.10. The van der Waals surface area contributed by atoms with Crippen molar-refractivity contribution in [1.82, 2.24) is 5.32 Å². The van der Waals surface area contributed by atoms with E-state index in [2.05, 4.69) is 19.2 Å². The van der Waals surface area contributed by atoms with Crippen molar-refractivity contribution in [3.8, 4) is 0 Å². The number of nitrogens with one attached hydrogen (secondary N) is 1. The molecule has 5 heteroatoms. The second-order valence-electron chi connectivity index (χ2n) is 8.27. The summed E-state index contributed by atoms with van der Waals surface area (Å²) in [6, 6.07) is 0.0946. The average Bonchev–Trinajstić information content (AvgIpc) is 3.12. The summed E-state index contributed by atoms with van der Waals surface area (Å²) in [4.78, 5) is 24.1. The van der Waals surface area contributed by atoms with Gasteiger partial charge in [-0.05, 0) is 50.5 Å². The number of allylic oxidation sites excluding steroid dienone is 1. The summed E-state index contributed by atoms with van der Waals surface area (Å²) in [5.74, 6) is -0.280. The van der Waals surface area contributed by atoms with Crippen LogP contribution < -0.4 is 5.32 Å². The van der Waals surface area contributed by atoms with E-state index in [1.807, 2.05) is 6.92 Å². The molecule has 1 fully saturated rings. The highest BCUT2D eigenvalue weighted by Gasteiger charge is 2.50. The molecule has 2 aliphatic carbocycles. The normalized spacial score (nSPS) is 35.0. The molecule has 1 N–H and O–H groups in total. The number of rotatable bonds is 2. The van der Waals surface area contributed by atoms with Crippen LogP contribution in [0.5, 0.6) is 0 Å². The Balaban J connectivity index is 1.56. The maximum absolute atomic E-state index is 12.5. The Morgan fingerprint density at radius 1 is 1.28 bits per heavy atom. The second-order valence-corrected chi connectivity index (χ2v) is 8.27. The monoisotopic (exact) mass is 343 g/mol. The smallest absolute Gasteiger partial charge is 0.337 e. The lowest BCUT2D eigenvalue weighted by Crippen LogP contribution is -2.35. The fraction of sp³-hybridized carbons (Fsp3) is 0.600. The van der Waals surface area contributed by atoms with E-state index in [1.54, 1.807) is 6.92 Å². The van der Waals surface area contributed by atoms with Crippen molar-refractivity contribution in [2.24, 2.45) is 11.3 Å². The van der Waals surface area contributed by atoms with Crippen molar-refractivity contribution in [2.75, 3.05) is 0 Å². The lowest BCUT2D eigenvalue weighted by Gasteiger charge is -2.35. The van der Waals surface area contributed by atoms with Crippen molar-refractivity contribution in [2.45, 2.75) is 65.7 Å². The van der Waals surface area contributed by atoms with Gasteiger partial charge in [0.15, 0.2) is 0 Å². The number of carbonyl (C=O) groups is 2. The van der Waals surface area contributed by atoms with Crippen LogP contribution in [0, 0.1) is 11.3 Å². The molecule has 0 bridgehead atoms. The number of fused-ring (bicyclic) bond motifs is 2. The number of hydrogen-bond acceptors (Lipinski definition) is 4. The van der Waals surface area contributed by atoms with Crippen molar-refractivity contribution in [3.63, 3.8) is 0 Å². The van der Waals surface area contributed by atoms with E-state index in [1.165, 1.54) is 30.2 Å². The van der Waals surface area contributed by atoms with Crippen molar-refractivity contribution in [3.05, 3.63) is 34.1 Å². The van der Waals surface area contributed by atoms with Crippen molar-refractivity contribution in [1.29, 1.82) is 0 Å². The molecule has 25 heavy (non-hydrogen) atoms. The highest BCUT2D eigenvalue weighted by Crippen LogP contribution is 2.53. The molecule has 5 nitrogen and oxygen atoms in total. The van der Waals surface area contributed by atoms with Crippen molar-refractivity contribution >= 4 is 11.9 Å². The van der Waals surface area contributed by atoms with Gasteiger partial charge >= 0.3 is 5.97 Å². The van der Waals surface area contributed by atoms with Crippen LogP contribution in [0.1, 0.15) is 53.4 Å². The van der Waals surface area contributed by atoms with Gasteiger partial charge in [0.25, 0.3) is 12.2 Å². The number of amides is 1. The summed E-state index contributed by atoms with van der Waals surface area (Å²) >= 11 is 0. The first kappa shape index (κ1) is 16.4. The lowest BCUT2D eigenvalue weighted by atomic mass is 9.72. The molecule has 2 aliphatic heterocycles. The zero-order valence-corrected chi connectivity index (χ0v) is 15.3. The maximum Gasteiger partial charge on any atom is 0.337 e. The minimum Gasteiger partial charge on any atom is -0.458 e. The van der Waals surface area contributed by atoms with Gasteiger partial charge in [0.05, 0.1) is 17.9 Å². The van der Waals surface area contributed by atoms with E-state index in [9.17, 15) is 9.59 Å². The van der Waals surface area contributed by atoms with E-state index in [4.69, 9.17) is 9.47 Å².